The van der Waals surface area contributed by atoms with Gasteiger partial charge < -0.3 is 5.11 Å². The Labute approximate surface area is 123 Å². The van der Waals surface area contributed by atoms with Crippen molar-refractivity contribution in [1.82, 2.24) is 20.2 Å². The van der Waals surface area contributed by atoms with Crippen molar-refractivity contribution in [3.05, 3.63) is 29.3 Å². The van der Waals surface area contributed by atoms with Crippen LogP contribution < -0.4 is 0 Å². The quantitative estimate of drug-likeness (QED) is 0.914. The first-order chi connectivity index (χ1) is 9.96. The monoisotopic (exact) mass is 288 g/mol. The van der Waals surface area contributed by atoms with Crippen LogP contribution in [0.2, 0.25) is 0 Å². The summed E-state index contributed by atoms with van der Waals surface area (Å²) in [5, 5.41) is 21.4. The number of hydrogen-bond acceptors (Lipinski definition) is 4. The number of carbonyl (C=O) groups is 1. The molecule has 2 rings (SSSR count). The second-order valence-corrected chi connectivity index (χ2v) is 5.28. The molecule has 21 heavy (non-hydrogen) atoms. The van der Waals surface area contributed by atoms with E-state index in [0.717, 1.165) is 16.7 Å². The van der Waals surface area contributed by atoms with Gasteiger partial charge in [-0.2, -0.15) is 0 Å². The molecule has 1 aromatic heterocycles. The summed E-state index contributed by atoms with van der Waals surface area (Å²) in [6.07, 6.45) is 0.837. The Morgan fingerprint density at radius 1 is 1.29 bits per heavy atom. The van der Waals surface area contributed by atoms with Crippen molar-refractivity contribution in [2.75, 3.05) is 0 Å². The van der Waals surface area contributed by atoms with Crippen LogP contribution in [0.1, 0.15) is 37.8 Å². The molecule has 0 saturated carbocycles. The van der Waals surface area contributed by atoms with Gasteiger partial charge in [0.2, 0.25) is 0 Å². The van der Waals surface area contributed by atoms with E-state index in [2.05, 4.69) is 15.5 Å². The van der Waals surface area contributed by atoms with Crippen LogP contribution in [0.15, 0.2) is 18.2 Å². The van der Waals surface area contributed by atoms with Crippen LogP contribution in [0.3, 0.4) is 0 Å². The Hall–Kier alpha value is -2.24. The first kappa shape index (κ1) is 15.2. The summed E-state index contributed by atoms with van der Waals surface area (Å²) in [4.78, 5) is 11.8. The molecule has 0 fully saturated rings. The highest BCUT2D eigenvalue weighted by atomic mass is 16.4. The number of aromatic nitrogens is 4. The third kappa shape index (κ3) is 2.41. The van der Waals surface area contributed by atoms with E-state index in [1.54, 1.807) is 0 Å². The normalized spacial score (nSPS) is 11.6. The molecule has 0 aliphatic heterocycles. The second-order valence-electron chi connectivity index (χ2n) is 5.28. The van der Waals surface area contributed by atoms with Gasteiger partial charge >= 0.3 is 5.97 Å². The molecular formula is C15H20N4O2. The molecule has 6 nitrogen and oxygen atoms in total. The lowest BCUT2D eigenvalue weighted by Gasteiger charge is -2.27. The molecule has 1 N–H and O–H groups in total. The zero-order chi connectivity index (χ0) is 15.6. The third-order valence-corrected chi connectivity index (χ3v) is 4.08. The Balaban J connectivity index is 2.67. The summed E-state index contributed by atoms with van der Waals surface area (Å²) in [6, 6.07) is 5.98. The summed E-state index contributed by atoms with van der Waals surface area (Å²) < 4.78 is 1.46. The fraction of sp³-hybridized carbons (Fsp3) is 0.467. The summed E-state index contributed by atoms with van der Waals surface area (Å²) >= 11 is 0. The number of nitrogens with zero attached hydrogens (tertiary/aromatic N) is 4. The number of benzene rings is 1. The van der Waals surface area contributed by atoms with Crippen LogP contribution in [0, 0.1) is 13.8 Å². The van der Waals surface area contributed by atoms with Crippen molar-refractivity contribution in [3.63, 3.8) is 0 Å². The lowest BCUT2D eigenvalue weighted by atomic mass is 9.92. The molecule has 0 unspecified atom stereocenters. The minimum absolute atomic E-state index is 0.418. The Bertz CT molecular complexity index is 659. The van der Waals surface area contributed by atoms with Gasteiger partial charge in [0, 0.05) is 5.56 Å². The number of rotatable bonds is 5. The zero-order valence-electron chi connectivity index (χ0n) is 12.8. The fourth-order valence-electron chi connectivity index (χ4n) is 2.56. The van der Waals surface area contributed by atoms with Crippen LogP contribution in [-0.4, -0.2) is 31.3 Å². The molecule has 6 heteroatoms. The fourth-order valence-corrected chi connectivity index (χ4v) is 2.56. The predicted molar refractivity (Wildman–Crippen MR) is 78.9 cm³/mol. The molecule has 2 aromatic rings. The van der Waals surface area contributed by atoms with Gasteiger partial charge in [0.05, 0.1) is 0 Å². The van der Waals surface area contributed by atoms with Gasteiger partial charge in [-0.15, -0.1) is 5.10 Å². The number of aryl methyl sites for hydroxylation is 2. The molecule has 0 bridgehead atoms. The molecule has 112 valence electrons. The van der Waals surface area contributed by atoms with Gasteiger partial charge in [0.15, 0.2) is 11.4 Å². The highest BCUT2D eigenvalue weighted by Crippen LogP contribution is 2.31. The van der Waals surface area contributed by atoms with Crippen molar-refractivity contribution >= 4 is 5.97 Å². The van der Waals surface area contributed by atoms with E-state index in [9.17, 15) is 9.90 Å². The van der Waals surface area contributed by atoms with Crippen molar-refractivity contribution in [2.45, 2.75) is 46.1 Å². The molecule has 1 heterocycles. The second kappa shape index (κ2) is 5.63. The van der Waals surface area contributed by atoms with E-state index in [0.29, 0.717) is 18.7 Å². The van der Waals surface area contributed by atoms with Crippen LogP contribution >= 0.6 is 0 Å². The molecule has 0 amide bonds. The van der Waals surface area contributed by atoms with E-state index in [4.69, 9.17) is 0 Å². The Morgan fingerprint density at radius 2 is 1.95 bits per heavy atom. The number of tetrazole rings is 1. The molecule has 0 saturated heterocycles. The zero-order valence-corrected chi connectivity index (χ0v) is 12.8. The van der Waals surface area contributed by atoms with Crippen LogP contribution in [-0.2, 0) is 10.3 Å². The molecule has 0 atom stereocenters. The molecule has 0 aliphatic carbocycles. The maximum Gasteiger partial charge on any atom is 0.331 e. The topological polar surface area (TPSA) is 80.9 Å². The minimum Gasteiger partial charge on any atom is -0.479 e. The Kier molecular flexibility index (Phi) is 4.06. The maximum absolute atomic E-state index is 11.8. The van der Waals surface area contributed by atoms with Gasteiger partial charge in [0.1, 0.15) is 0 Å². The van der Waals surface area contributed by atoms with E-state index in [1.165, 1.54) is 4.68 Å². The van der Waals surface area contributed by atoms with E-state index in [-0.39, 0.29) is 0 Å². The average molecular weight is 288 g/mol. The number of carboxylic acids is 1. The van der Waals surface area contributed by atoms with Crippen molar-refractivity contribution in [2.24, 2.45) is 0 Å². The van der Waals surface area contributed by atoms with Crippen LogP contribution in [0.25, 0.3) is 11.4 Å². The first-order valence-corrected chi connectivity index (χ1v) is 7.06. The number of carboxylic acid groups (broad SMARTS) is 1. The maximum atomic E-state index is 11.8. The van der Waals surface area contributed by atoms with Gasteiger partial charge in [-0.3, -0.25) is 0 Å². The van der Waals surface area contributed by atoms with Crippen molar-refractivity contribution in [3.8, 4) is 11.4 Å². The SMILES string of the molecule is CCC(CC)(C(=O)O)n1nnnc1-c1cc(C)ccc1C. The van der Waals surface area contributed by atoms with E-state index >= 15 is 0 Å². The van der Waals surface area contributed by atoms with Crippen LogP contribution in [0.4, 0.5) is 0 Å². The first-order valence-electron chi connectivity index (χ1n) is 7.06. The summed E-state index contributed by atoms with van der Waals surface area (Å²) in [7, 11) is 0. The molecule has 0 radical (unpaired) electrons. The summed E-state index contributed by atoms with van der Waals surface area (Å²) in [6.45, 7) is 7.63. The lowest BCUT2D eigenvalue weighted by Crippen LogP contribution is -2.42. The van der Waals surface area contributed by atoms with Crippen LogP contribution in [0.5, 0.6) is 0 Å². The van der Waals surface area contributed by atoms with Gasteiger partial charge in [-0.05, 0) is 48.7 Å². The molecule has 0 aliphatic rings. The summed E-state index contributed by atoms with van der Waals surface area (Å²) in [5.74, 6) is -0.409. The van der Waals surface area contributed by atoms with Gasteiger partial charge in [0.25, 0.3) is 0 Å². The minimum atomic E-state index is -1.12. The predicted octanol–water partition coefficient (Wildman–Crippen LogP) is 2.56. The molecular weight excluding hydrogens is 268 g/mol. The third-order valence-electron chi connectivity index (χ3n) is 4.08. The number of hydrogen-bond donors (Lipinski definition) is 1. The van der Waals surface area contributed by atoms with Crippen molar-refractivity contribution < 1.29 is 9.90 Å². The van der Waals surface area contributed by atoms with E-state index < -0.39 is 11.5 Å². The average Bonchev–Trinajstić information content (AvgIpc) is 2.93. The smallest absolute Gasteiger partial charge is 0.331 e. The summed E-state index contributed by atoms with van der Waals surface area (Å²) in [5.41, 5.74) is 1.85. The van der Waals surface area contributed by atoms with Crippen molar-refractivity contribution in [1.29, 1.82) is 0 Å². The van der Waals surface area contributed by atoms with Gasteiger partial charge in [-0.1, -0.05) is 31.5 Å². The standard InChI is InChI=1S/C15H20N4O2/c1-5-15(6-2,14(20)21)19-13(16-17-18-19)12-9-10(3)7-8-11(12)4/h7-9H,5-6H2,1-4H3,(H,20,21). The Morgan fingerprint density at radius 3 is 2.52 bits per heavy atom. The lowest BCUT2D eigenvalue weighted by molar-refractivity contribution is -0.148. The molecule has 0 spiro atoms. The van der Waals surface area contributed by atoms with E-state index in [1.807, 2.05) is 45.9 Å². The molecule has 1 aromatic carbocycles. The highest BCUT2D eigenvalue weighted by Gasteiger charge is 2.40. The van der Waals surface area contributed by atoms with Gasteiger partial charge in [-0.25, -0.2) is 9.48 Å². The number of aliphatic carboxylic acids is 1. The highest BCUT2D eigenvalue weighted by molar-refractivity contribution is 5.77. The largest absolute Gasteiger partial charge is 0.479 e.